The molecule has 0 spiro atoms. The molecule has 0 aromatic heterocycles. The highest BCUT2D eigenvalue weighted by Gasteiger charge is 2.25. The molecule has 3 rings (SSSR count). The Morgan fingerprint density at radius 2 is 1.52 bits per heavy atom. The lowest BCUT2D eigenvalue weighted by atomic mass is 10.1. The second-order valence-electron chi connectivity index (χ2n) is 7.34. The van der Waals surface area contributed by atoms with Gasteiger partial charge in [0.15, 0.2) is 11.5 Å². The van der Waals surface area contributed by atoms with Crippen molar-refractivity contribution in [3.8, 4) is 11.5 Å². The summed E-state index contributed by atoms with van der Waals surface area (Å²) in [5.74, 6) is 1.62. The van der Waals surface area contributed by atoms with Gasteiger partial charge in [-0.25, -0.2) is 0 Å². The number of carbonyl (C=O) groups excluding carboxylic acids is 2. The number of amides is 2. The summed E-state index contributed by atoms with van der Waals surface area (Å²) in [7, 11) is 3.21. The summed E-state index contributed by atoms with van der Waals surface area (Å²) in [6.07, 6.45) is 1.09. The molecule has 0 aliphatic carbocycles. The van der Waals surface area contributed by atoms with Crippen molar-refractivity contribution in [2.24, 2.45) is 0 Å². The maximum Gasteiger partial charge on any atom is 0.236 e. The normalized spacial score (nSPS) is 17.9. The Bertz CT molecular complexity index is 698. The molecule has 160 valence electrons. The standard InChI is InChI=1S/C21H31N3O5/c1-27-18-5-3-17(15-19(18)28-2)4-6-20(25)23-7-9-24(10-8-23)21(26)16-22-11-13-29-14-12-22/h3,5,15H,4,6-14,16H2,1-2H3. The van der Waals surface area contributed by atoms with E-state index in [0.29, 0.717) is 70.3 Å². The van der Waals surface area contributed by atoms with Crippen LogP contribution in [0.1, 0.15) is 12.0 Å². The number of hydrogen-bond acceptors (Lipinski definition) is 6. The number of hydrogen-bond donors (Lipinski definition) is 0. The molecule has 0 atom stereocenters. The zero-order chi connectivity index (χ0) is 20.6. The van der Waals surface area contributed by atoms with Gasteiger partial charge in [-0.3, -0.25) is 14.5 Å². The molecule has 0 N–H and O–H groups in total. The molecule has 0 bridgehead atoms. The van der Waals surface area contributed by atoms with E-state index in [2.05, 4.69) is 4.90 Å². The van der Waals surface area contributed by atoms with E-state index >= 15 is 0 Å². The van der Waals surface area contributed by atoms with Crippen LogP contribution in [0.15, 0.2) is 18.2 Å². The molecule has 8 nitrogen and oxygen atoms in total. The van der Waals surface area contributed by atoms with Crippen molar-refractivity contribution >= 4 is 11.8 Å². The largest absolute Gasteiger partial charge is 0.493 e. The van der Waals surface area contributed by atoms with E-state index in [-0.39, 0.29) is 11.8 Å². The van der Waals surface area contributed by atoms with E-state index in [1.54, 1.807) is 14.2 Å². The fraction of sp³-hybridized carbons (Fsp3) is 0.619. The summed E-state index contributed by atoms with van der Waals surface area (Å²) >= 11 is 0. The van der Waals surface area contributed by atoms with Gasteiger partial charge in [-0.05, 0) is 24.1 Å². The predicted molar refractivity (Wildman–Crippen MR) is 108 cm³/mol. The van der Waals surface area contributed by atoms with Crippen LogP contribution >= 0.6 is 0 Å². The Labute approximate surface area is 172 Å². The molecule has 2 saturated heterocycles. The first kappa shape index (κ1) is 21.4. The van der Waals surface area contributed by atoms with Crippen LogP contribution in [0.25, 0.3) is 0 Å². The van der Waals surface area contributed by atoms with E-state index in [4.69, 9.17) is 14.2 Å². The molecular formula is C21H31N3O5. The number of aryl methyl sites for hydroxylation is 1. The highest BCUT2D eigenvalue weighted by Crippen LogP contribution is 2.28. The molecule has 2 amide bonds. The maximum atomic E-state index is 12.6. The van der Waals surface area contributed by atoms with Crippen molar-refractivity contribution in [2.75, 3.05) is 73.2 Å². The van der Waals surface area contributed by atoms with Gasteiger partial charge in [0.25, 0.3) is 0 Å². The van der Waals surface area contributed by atoms with Crippen LogP contribution < -0.4 is 9.47 Å². The highest BCUT2D eigenvalue weighted by molar-refractivity contribution is 5.79. The Morgan fingerprint density at radius 1 is 0.897 bits per heavy atom. The van der Waals surface area contributed by atoms with Crippen LogP contribution in [0.3, 0.4) is 0 Å². The molecular weight excluding hydrogens is 374 g/mol. The molecule has 0 saturated carbocycles. The number of nitrogens with zero attached hydrogens (tertiary/aromatic N) is 3. The van der Waals surface area contributed by atoms with Gasteiger partial charge >= 0.3 is 0 Å². The Hall–Kier alpha value is -2.32. The van der Waals surface area contributed by atoms with E-state index in [1.165, 1.54) is 0 Å². The summed E-state index contributed by atoms with van der Waals surface area (Å²) in [5.41, 5.74) is 1.04. The van der Waals surface area contributed by atoms with Gasteiger partial charge in [0.1, 0.15) is 0 Å². The van der Waals surface area contributed by atoms with Crippen LogP contribution in [0.5, 0.6) is 11.5 Å². The predicted octanol–water partition coefficient (Wildman–Crippen LogP) is 0.639. The van der Waals surface area contributed by atoms with E-state index in [1.807, 2.05) is 28.0 Å². The first-order valence-corrected chi connectivity index (χ1v) is 10.2. The zero-order valence-electron chi connectivity index (χ0n) is 17.4. The molecule has 1 aromatic rings. The number of ether oxygens (including phenoxy) is 3. The molecule has 0 unspecified atom stereocenters. The summed E-state index contributed by atoms with van der Waals surface area (Å²) in [5, 5.41) is 0. The molecule has 8 heteroatoms. The Balaban J connectivity index is 1.42. The summed E-state index contributed by atoms with van der Waals surface area (Å²) < 4.78 is 15.9. The second-order valence-corrected chi connectivity index (χ2v) is 7.34. The van der Waals surface area contributed by atoms with Gasteiger partial charge in [0.05, 0.1) is 34.0 Å². The number of morpholine rings is 1. The smallest absolute Gasteiger partial charge is 0.236 e. The summed E-state index contributed by atoms with van der Waals surface area (Å²) in [4.78, 5) is 30.9. The monoisotopic (exact) mass is 405 g/mol. The van der Waals surface area contributed by atoms with Gasteiger partial charge in [0.2, 0.25) is 11.8 Å². The average Bonchev–Trinajstić information content (AvgIpc) is 2.78. The molecule has 0 radical (unpaired) electrons. The van der Waals surface area contributed by atoms with Crippen molar-refractivity contribution in [2.45, 2.75) is 12.8 Å². The molecule has 2 aliphatic rings. The van der Waals surface area contributed by atoms with E-state index < -0.39 is 0 Å². The maximum absolute atomic E-state index is 12.6. The number of piperazine rings is 1. The van der Waals surface area contributed by atoms with Crippen LogP contribution in [0.4, 0.5) is 0 Å². The quantitative estimate of drug-likeness (QED) is 0.663. The molecule has 2 aliphatic heterocycles. The van der Waals surface area contributed by atoms with Gasteiger partial charge in [0, 0.05) is 45.7 Å². The topological polar surface area (TPSA) is 71.6 Å². The second kappa shape index (κ2) is 10.5. The SMILES string of the molecule is COc1ccc(CCC(=O)N2CCN(C(=O)CN3CCOCC3)CC2)cc1OC. The molecule has 2 heterocycles. The van der Waals surface area contributed by atoms with Crippen molar-refractivity contribution in [1.82, 2.24) is 14.7 Å². The molecule has 29 heavy (non-hydrogen) atoms. The number of methoxy groups -OCH3 is 2. The van der Waals surface area contributed by atoms with Crippen molar-refractivity contribution in [1.29, 1.82) is 0 Å². The minimum absolute atomic E-state index is 0.125. The minimum Gasteiger partial charge on any atom is -0.493 e. The van der Waals surface area contributed by atoms with Gasteiger partial charge in [-0.1, -0.05) is 6.07 Å². The van der Waals surface area contributed by atoms with Gasteiger partial charge in [-0.2, -0.15) is 0 Å². The highest BCUT2D eigenvalue weighted by atomic mass is 16.5. The van der Waals surface area contributed by atoms with Gasteiger partial charge < -0.3 is 24.0 Å². The van der Waals surface area contributed by atoms with E-state index in [0.717, 1.165) is 18.7 Å². The number of carbonyl (C=O) groups is 2. The lowest BCUT2D eigenvalue weighted by Gasteiger charge is -2.36. The fourth-order valence-electron chi connectivity index (χ4n) is 3.70. The first-order valence-electron chi connectivity index (χ1n) is 10.2. The van der Waals surface area contributed by atoms with Crippen molar-refractivity contribution in [3.63, 3.8) is 0 Å². The average molecular weight is 405 g/mol. The van der Waals surface area contributed by atoms with Gasteiger partial charge in [-0.15, -0.1) is 0 Å². The lowest BCUT2D eigenvalue weighted by molar-refractivity contribution is -0.140. The number of rotatable bonds is 7. The Kier molecular flexibility index (Phi) is 7.71. The molecule has 2 fully saturated rings. The molecule has 1 aromatic carbocycles. The summed E-state index contributed by atoms with van der Waals surface area (Å²) in [6.45, 7) is 5.83. The van der Waals surface area contributed by atoms with Crippen LogP contribution in [-0.4, -0.2) is 99.8 Å². The fourth-order valence-corrected chi connectivity index (χ4v) is 3.70. The third kappa shape index (κ3) is 5.83. The lowest BCUT2D eigenvalue weighted by Crippen LogP contribution is -2.53. The van der Waals surface area contributed by atoms with Crippen molar-refractivity contribution < 1.29 is 23.8 Å². The van der Waals surface area contributed by atoms with Crippen LogP contribution in [0.2, 0.25) is 0 Å². The van der Waals surface area contributed by atoms with E-state index in [9.17, 15) is 9.59 Å². The van der Waals surface area contributed by atoms with Crippen molar-refractivity contribution in [3.05, 3.63) is 23.8 Å². The third-order valence-corrected chi connectivity index (χ3v) is 5.52. The number of benzene rings is 1. The van der Waals surface area contributed by atoms with Crippen LogP contribution in [-0.2, 0) is 20.7 Å². The third-order valence-electron chi connectivity index (χ3n) is 5.52. The first-order chi connectivity index (χ1) is 14.1. The summed E-state index contributed by atoms with van der Waals surface area (Å²) in [6, 6.07) is 5.72. The van der Waals surface area contributed by atoms with Crippen LogP contribution in [0, 0.1) is 0 Å². The Morgan fingerprint density at radius 3 is 2.14 bits per heavy atom. The zero-order valence-corrected chi connectivity index (χ0v) is 17.4. The minimum atomic E-state index is 0.125.